The average molecular weight is 315 g/mol. The Morgan fingerprint density at radius 2 is 1.68 bits per heavy atom. The van der Waals surface area contributed by atoms with Crippen molar-refractivity contribution >= 4 is 21.9 Å². The molecule has 0 amide bonds. The highest BCUT2D eigenvalue weighted by atomic mass is 32.2. The third-order valence-corrected chi connectivity index (χ3v) is 5.37. The summed E-state index contributed by atoms with van der Waals surface area (Å²) in [6.07, 6.45) is 1.50. The van der Waals surface area contributed by atoms with Crippen molar-refractivity contribution in [1.29, 1.82) is 0 Å². The van der Waals surface area contributed by atoms with Gasteiger partial charge < -0.3 is 5.11 Å². The minimum atomic E-state index is -3.74. The monoisotopic (exact) mass is 315 g/mol. The summed E-state index contributed by atoms with van der Waals surface area (Å²) in [5, 5.41) is 9.29. The van der Waals surface area contributed by atoms with E-state index in [4.69, 9.17) is 0 Å². The van der Waals surface area contributed by atoms with Crippen LogP contribution in [0.1, 0.15) is 15.9 Å². The lowest BCUT2D eigenvalue weighted by atomic mass is 10.1. The van der Waals surface area contributed by atoms with Crippen molar-refractivity contribution in [3.05, 3.63) is 65.4 Å². The van der Waals surface area contributed by atoms with E-state index in [0.717, 1.165) is 4.31 Å². The van der Waals surface area contributed by atoms with Gasteiger partial charge in [-0.3, -0.25) is 9.10 Å². The number of nitrogens with zero attached hydrogens (tertiary/aromatic N) is 1. The highest BCUT2D eigenvalue weighted by Gasteiger charge is 2.36. The van der Waals surface area contributed by atoms with Crippen LogP contribution in [0.25, 0.3) is 6.08 Å². The summed E-state index contributed by atoms with van der Waals surface area (Å²) in [7, 11) is -2.38. The Balaban J connectivity index is 2.18. The summed E-state index contributed by atoms with van der Waals surface area (Å²) >= 11 is 0. The molecule has 2 aromatic carbocycles. The second kappa shape index (κ2) is 4.99. The molecular weight excluding hydrogens is 302 g/mol. The fourth-order valence-corrected chi connectivity index (χ4v) is 3.70. The molecule has 0 saturated carbocycles. The van der Waals surface area contributed by atoms with Gasteiger partial charge in [-0.05, 0) is 35.9 Å². The zero-order chi connectivity index (χ0) is 15.9. The van der Waals surface area contributed by atoms with Gasteiger partial charge in [0.1, 0.15) is 11.4 Å². The quantitative estimate of drug-likeness (QED) is 0.819. The number of benzene rings is 2. The molecule has 1 aliphatic rings. The first-order chi connectivity index (χ1) is 10.4. The Morgan fingerprint density at radius 3 is 2.36 bits per heavy atom. The minimum absolute atomic E-state index is 0.0188. The van der Waals surface area contributed by atoms with E-state index in [1.54, 1.807) is 24.3 Å². The highest BCUT2D eigenvalue weighted by Crippen LogP contribution is 2.31. The van der Waals surface area contributed by atoms with E-state index in [9.17, 15) is 18.3 Å². The van der Waals surface area contributed by atoms with Gasteiger partial charge >= 0.3 is 0 Å². The first kappa shape index (κ1) is 14.3. The van der Waals surface area contributed by atoms with Crippen molar-refractivity contribution in [2.45, 2.75) is 4.90 Å². The van der Waals surface area contributed by atoms with Crippen molar-refractivity contribution < 1.29 is 18.3 Å². The molecule has 3 rings (SSSR count). The molecule has 0 bridgehead atoms. The smallest absolute Gasteiger partial charge is 0.264 e. The van der Waals surface area contributed by atoms with Crippen LogP contribution in [-0.4, -0.2) is 30.7 Å². The Kier molecular flexibility index (Phi) is 3.26. The lowest BCUT2D eigenvalue weighted by molar-refractivity contribution is 0.101. The van der Waals surface area contributed by atoms with Gasteiger partial charge in [0.05, 0.1) is 4.90 Å². The topological polar surface area (TPSA) is 74.7 Å². The summed E-state index contributed by atoms with van der Waals surface area (Å²) in [5.41, 5.74) is 0.873. The molecule has 0 saturated heterocycles. The number of hydrogen-bond acceptors (Lipinski definition) is 4. The molecule has 5 nitrogen and oxygen atoms in total. The van der Waals surface area contributed by atoms with Gasteiger partial charge in [-0.25, -0.2) is 8.42 Å². The van der Waals surface area contributed by atoms with Gasteiger partial charge in [0.25, 0.3) is 10.0 Å². The van der Waals surface area contributed by atoms with Crippen LogP contribution in [0.5, 0.6) is 5.75 Å². The fraction of sp³-hybridized carbons (Fsp3) is 0.0625. The molecule has 1 aliphatic heterocycles. The van der Waals surface area contributed by atoms with Crippen molar-refractivity contribution in [2.24, 2.45) is 0 Å². The molecule has 0 aliphatic carbocycles. The number of ketones is 1. The molecule has 1 N–H and O–H groups in total. The molecule has 0 atom stereocenters. The molecule has 0 radical (unpaired) electrons. The van der Waals surface area contributed by atoms with E-state index < -0.39 is 10.0 Å². The number of likely N-dealkylation sites (N-methyl/N-ethyl adjacent to an activating group) is 1. The molecule has 0 aromatic heterocycles. The minimum Gasteiger partial charge on any atom is -0.508 e. The molecule has 112 valence electrons. The fourth-order valence-electron chi connectivity index (χ4n) is 2.32. The predicted octanol–water partition coefficient (Wildman–Crippen LogP) is 2.25. The Hall–Kier alpha value is -2.60. The van der Waals surface area contributed by atoms with E-state index in [0.29, 0.717) is 5.56 Å². The molecule has 0 fully saturated rings. The van der Waals surface area contributed by atoms with Gasteiger partial charge in [-0.15, -0.1) is 0 Å². The first-order valence-electron chi connectivity index (χ1n) is 6.54. The summed E-state index contributed by atoms with van der Waals surface area (Å²) in [6, 6.07) is 12.3. The number of phenols is 1. The number of fused-ring (bicyclic) bond motifs is 1. The van der Waals surface area contributed by atoms with Crippen LogP contribution in [0.2, 0.25) is 0 Å². The number of allylic oxidation sites excluding steroid dienone is 1. The number of hydrogen-bond donors (Lipinski definition) is 1. The SMILES string of the molecule is CN1/C(=C\c2ccc(O)cc2)C(=O)c2ccccc2S1(=O)=O. The largest absolute Gasteiger partial charge is 0.508 e. The second-order valence-electron chi connectivity index (χ2n) is 4.92. The van der Waals surface area contributed by atoms with Crippen molar-refractivity contribution in [3.8, 4) is 5.75 Å². The zero-order valence-corrected chi connectivity index (χ0v) is 12.5. The third-order valence-electron chi connectivity index (χ3n) is 3.54. The number of sulfonamides is 1. The Bertz CT molecular complexity index is 883. The lowest BCUT2D eigenvalue weighted by Crippen LogP contribution is -2.36. The standard InChI is InChI=1S/C16H13NO4S/c1-17-14(10-11-6-8-12(18)9-7-11)16(19)13-4-2-3-5-15(13)22(17,20)21/h2-10,18H,1H3/b14-10-. The van der Waals surface area contributed by atoms with Crippen LogP contribution in [0.15, 0.2) is 59.1 Å². The first-order valence-corrected chi connectivity index (χ1v) is 7.98. The van der Waals surface area contributed by atoms with Crippen LogP contribution in [0.3, 0.4) is 0 Å². The number of phenolic OH excluding ortho intramolecular Hbond substituents is 1. The number of aromatic hydroxyl groups is 1. The molecule has 22 heavy (non-hydrogen) atoms. The van der Waals surface area contributed by atoms with Gasteiger partial charge in [0.15, 0.2) is 0 Å². The highest BCUT2D eigenvalue weighted by molar-refractivity contribution is 7.89. The summed E-state index contributed by atoms with van der Waals surface area (Å²) in [6.45, 7) is 0. The van der Waals surface area contributed by atoms with E-state index in [-0.39, 0.29) is 27.7 Å². The average Bonchev–Trinajstić information content (AvgIpc) is 2.52. The predicted molar refractivity (Wildman–Crippen MR) is 81.8 cm³/mol. The van der Waals surface area contributed by atoms with Gasteiger partial charge in [0, 0.05) is 12.6 Å². The van der Waals surface area contributed by atoms with Crippen LogP contribution in [-0.2, 0) is 10.0 Å². The van der Waals surface area contributed by atoms with E-state index in [1.165, 1.54) is 37.4 Å². The summed E-state index contributed by atoms with van der Waals surface area (Å²) in [4.78, 5) is 12.6. The summed E-state index contributed by atoms with van der Waals surface area (Å²) in [5.74, 6) is -0.246. The molecule has 6 heteroatoms. The maximum atomic E-state index is 12.6. The van der Waals surface area contributed by atoms with Crippen LogP contribution in [0.4, 0.5) is 0 Å². The maximum absolute atomic E-state index is 12.6. The van der Waals surface area contributed by atoms with Crippen LogP contribution in [0, 0.1) is 0 Å². The third kappa shape index (κ3) is 2.17. The second-order valence-corrected chi connectivity index (χ2v) is 6.86. The van der Waals surface area contributed by atoms with Gasteiger partial charge in [-0.2, -0.15) is 0 Å². The number of carbonyl (C=O) groups is 1. The van der Waals surface area contributed by atoms with Gasteiger partial charge in [0.2, 0.25) is 5.78 Å². The molecule has 0 unspecified atom stereocenters. The van der Waals surface area contributed by atoms with Crippen LogP contribution < -0.4 is 0 Å². The molecular formula is C16H13NO4S. The molecule has 0 spiro atoms. The summed E-state index contributed by atoms with van der Waals surface area (Å²) < 4.78 is 26.0. The lowest BCUT2D eigenvalue weighted by Gasteiger charge is -2.27. The van der Waals surface area contributed by atoms with Crippen LogP contribution >= 0.6 is 0 Å². The van der Waals surface area contributed by atoms with E-state index in [2.05, 4.69) is 0 Å². The van der Waals surface area contributed by atoms with E-state index in [1.807, 2.05) is 0 Å². The number of rotatable bonds is 1. The van der Waals surface area contributed by atoms with Crippen molar-refractivity contribution in [2.75, 3.05) is 7.05 Å². The Labute approximate surface area is 128 Å². The number of Topliss-reactive ketones (excluding diaryl/α,β-unsaturated/α-hetero) is 1. The normalized spacial score (nSPS) is 18.3. The van der Waals surface area contributed by atoms with E-state index >= 15 is 0 Å². The molecule has 2 aromatic rings. The van der Waals surface area contributed by atoms with Crippen molar-refractivity contribution in [3.63, 3.8) is 0 Å². The maximum Gasteiger partial charge on any atom is 0.264 e. The Morgan fingerprint density at radius 1 is 1.05 bits per heavy atom. The zero-order valence-electron chi connectivity index (χ0n) is 11.7. The van der Waals surface area contributed by atoms with Crippen molar-refractivity contribution in [1.82, 2.24) is 4.31 Å². The number of carbonyl (C=O) groups excluding carboxylic acids is 1. The van der Waals surface area contributed by atoms with Gasteiger partial charge in [-0.1, -0.05) is 24.3 Å². The molecule has 1 heterocycles.